The molecule has 5 rings (SSSR count). The summed E-state index contributed by atoms with van der Waals surface area (Å²) in [6.45, 7) is 6.20. The lowest BCUT2D eigenvalue weighted by molar-refractivity contribution is -0.160. The fourth-order valence-electron chi connectivity index (χ4n) is 7.25. The molecular formula is C27H38N2O6. The third-order valence-electron chi connectivity index (χ3n) is 8.64. The Hall–Kier alpha value is -2.19. The van der Waals surface area contributed by atoms with Gasteiger partial charge in [-0.1, -0.05) is 51.3 Å². The molecule has 6 atom stereocenters. The summed E-state index contributed by atoms with van der Waals surface area (Å²) in [5.41, 5.74) is -2.35. The number of hydrogen-bond acceptors (Lipinski definition) is 6. The number of amides is 2. The van der Waals surface area contributed by atoms with Gasteiger partial charge in [-0.3, -0.25) is 14.4 Å². The Morgan fingerprint density at radius 1 is 1.06 bits per heavy atom. The van der Waals surface area contributed by atoms with E-state index >= 15 is 0 Å². The van der Waals surface area contributed by atoms with Gasteiger partial charge in [0.25, 0.3) is 0 Å². The van der Waals surface area contributed by atoms with Crippen LogP contribution in [0.4, 0.5) is 0 Å². The fourth-order valence-corrected chi connectivity index (χ4v) is 7.25. The molecule has 3 fully saturated rings. The number of likely N-dealkylation sites (tertiary alicyclic amines) is 1. The highest BCUT2D eigenvalue weighted by Crippen LogP contribution is 2.58. The zero-order valence-corrected chi connectivity index (χ0v) is 21.0. The molecule has 1 aliphatic carbocycles. The lowest BCUT2D eigenvalue weighted by atomic mass is 9.74. The van der Waals surface area contributed by atoms with Crippen LogP contribution in [0.2, 0.25) is 0 Å². The first-order valence-corrected chi connectivity index (χ1v) is 13.2. The van der Waals surface area contributed by atoms with Gasteiger partial charge in [-0.15, -0.1) is 0 Å². The standard InChI is InChI=1S/C27H38N2O6/c1-17(2)15-19(16-30)29-22-24(32)28(18-9-5-4-6-10-18)13-7-12-27(22)20(23(29)31)21-25(33)34-14-8-11-26(21,3)35-27/h7-8,11-12,17-22,30H,4-6,9-10,13-16H2,1-3H3/t19-,20+,21-,22?,26+,27+/m1/s1. The Kier molecular flexibility index (Phi) is 6.33. The number of carbonyl (C=O) groups is 3. The smallest absolute Gasteiger partial charge is 0.313 e. The molecule has 1 unspecified atom stereocenters. The van der Waals surface area contributed by atoms with Crippen molar-refractivity contribution in [1.82, 2.24) is 9.80 Å². The Morgan fingerprint density at radius 2 is 1.80 bits per heavy atom. The van der Waals surface area contributed by atoms with Gasteiger partial charge in [0.2, 0.25) is 11.8 Å². The van der Waals surface area contributed by atoms with Gasteiger partial charge in [0.1, 0.15) is 24.2 Å². The van der Waals surface area contributed by atoms with Crippen molar-refractivity contribution in [3.8, 4) is 0 Å². The monoisotopic (exact) mass is 486 g/mol. The Bertz CT molecular complexity index is 940. The minimum Gasteiger partial charge on any atom is -0.461 e. The van der Waals surface area contributed by atoms with Crippen LogP contribution in [-0.4, -0.2) is 81.8 Å². The van der Waals surface area contributed by atoms with Crippen molar-refractivity contribution in [1.29, 1.82) is 0 Å². The highest BCUT2D eigenvalue weighted by Gasteiger charge is 2.75. The molecule has 4 heterocycles. The minimum atomic E-state index is -1.29. The third-order valence-corrected chi connectivity index (χ3v) is 8.64. The molecule has 0 aromatic rings. The number of cyclic esters (lactones) is 1. The number of esters is 1. The number of rotatable bonds is 5. The van der Waals surface area contributed by atoms with Crippen LogP contribution in [-0.2, 0) is 23.9 Å². The van der Waals surface area contributed by atoms with E-state index in [1.165, 1.54) is 6.42 Å². The van der Waals surface area contributed by atoms with Crippen molar-refractivity contribution >= 4 is 17.8 Å². The van der Waals surface area contributed by atoms with Crippen LogP contribution >= 0.6 is 0 Å². The summed E-state index contributed by atoms with van der Waals surface area (Å²) in [6, 6.07) is -1.34. The lowest BCUT2D eigenvalue weighted by Crippen LogP contribution is -2.60. The first kappa shape index (κ1) is 24.5. The molecule has 35 heavy (non-hydrogen) atoms. The SMILES string of the molecule is CC(C)C[C@H](CO)N1C(=O)[C@@H]2[C@@H]3C(=O)OCC=C[C@]3(C)O[C@@]23C=CCN(C2CCCCC2)C(=O)C13. The van der Waals surface area contributed by atoms with Crippen LogP contribution in [0.5, 0.6) is 0 Å². The van der Waals surface area contributed by atoms with Gasteiger partial charge in [-0.25, -0.2) is 0 Å². The highest BCUT2D eigenvalue weighted by molar-refractivity contribution is 5.99. The van der Waals surface area contributed by atoms with Crippen molar-refractivity contribution in [2.24, 2.45) is 17.8 Å². The predicted octanol–water partition coefficient (Wildman–Crippen LogP) is 2.21. The zero-order chi connectivity index (χ0) is 25.0. The average Bonchev–Trinajstić information content (AvgIpc) is 3.09. The van der Waals surface area contributed by atoms with Gasteiger partial charge in [0.05, 0.1) is 24.2 Å². The van der Waals surface area contributed by atoms with Crippen molar-refractivity contribution in [3.05, 3.63) is 24.3 Å². The van der Waals surface area contributed by atoms with Gasteiger partial charge in [-0.2, -0.15) is 0 Å². The summed E-state index contributed by atoms with van der Waals surface area (Å²) in [6.07, 6.45) is 13.1. The highest BCUT2D eigenvalue weighted by atomic mass is 16.6. The molecule has 2 amide bonds. The van der Waals surface area contributed by atoms with Gasteiger partial charge in [-0.05, 0) is 38.2 Å². The van der Waals surface area contributed by atoms with E-state index in [0.717, 1.165) is 25.7 Å². The Labute approximate surface area is 207 Å². The summed E-state index contributed by atoms with van der Waals surface area (Å²) in [5.74, 6) is -2.47. The van der Waals surface area contributed by atoms with E-state index in [9.17, 15) is 19.5 Å². The van der Waals surface area contributed by atoms with E-state index in [2.05, 4.69) is 0 Å². The van der Waals surface area contributed by atoms with Crippen molar-refractivity contribution in [2.75, 3.05) is 19.8 Å². The van der Waals surface area contributed by atoms with Crippen molar-refractivity contribution < 1.29 is 29.0 Å². The van der Waals surface area contributed by atoms with Gasteiger partial charge >= 0.3 is 5.97 Å². The molecule has 1 N–H and O–H groups in total. The Morgan fingerprint density at radius 3 is 2.49 bits per heavy atom. The summed E-state index contributed by atoms with van der Waals surface area (Å²) in [4.78, 5) is 45.3. The van der Waals surface area contributed by atoms with Crippen LogP contribution in [0.3, 0.4) is 0 Å². The molecule has 192 valence electrons. The quantitative estimate of drug-likeness (QED) is 0.473. The summed E-state index contributed by atoms with van der Waals surface area (Å²) < 4.78 is 12.2. The first-order valence-electron chi connectivity index (χ1n) is 13.2. The molecule has 8 nitrogen and oxygen atoms in total. The van der Waals surface area contributed by atoms with E-state index in [-0.39, 0.29) is 37.0 Å². The Balaban J connectivity index is 1.63. The number of fused-ring (bicyclic) bond motifs is 2. The summed E-state index contributed by atoms with van der Waals surface area (Å²) >= 11 is 0. The van der Waals surface area contributed by atoms with E-state index < -0.39 is 41.1 Å². The van der Waals surface area contributed by atoms with Crippen LogP contribution in [0, 0.1) is 17.8 Å². The number of nitrogens with zero attached hydrogens (tertiary/aromatic N) is 2. The molecule has 0 aromatic carbocycles. The fraction of sp³-hybridized carbons (Fsp3) is 0.741. The molecule has 8 heteroatoms. The van der Waals surface area contributed by atoms with E-state index in [4.69, 9.17) is 9.47 Å². The van der Waals surface area contributed by atoms with Crippen LogP contribution in [0.15, 0.2) is 24.3 Å². The maximum atomic E-state index is 14.4. The summed E-state index contributed by atoms with van der Waals surface area (Å²) in [5, 5.41) is 10.4. The molecule has 0 bridgehead atoms. The van der Waals surface area contributed by atoms with Crippen LogP contribution < -0.4 is 0 Å². The zero-order valence-electron chi connectivity index (χ0n) is 21.0. The molecule has 1 saturated carbocycles. The molecule has 5 aliphatic rings. The van der Waals surface area contributed by atoms with E-state index in [1.54, 1.807) is 11.0 Å². The average molecular weight is 487 g/mol. The number of aliphatic hydroxyl groups excluding tert-OH is 1. The maximum absolute atomic E-state index is 14.4. The molecule has 4 aliphatic heterocycles. The molecule has 2 saturated heterocycles. The van der Waals surface area contributed by atoms with E-state index in [1.807, 2.05) is 43.9 Å². The third kappa shape index (κ3) is 3.75. The second-order valence-corrected chi connectivity index (χ2v) is 11.4. The summed E-state index contributed by atoms with van der Waals surface area (Å²) in [7, 11) is 0. The van der Waals surface area contributed by atoms with Gasteiger partial charge in [0.15, 0.2) is 0 Å². The normalized spacial score (nSPS) is 38.2. The van der Waals surface area contributed by atoms with Crippen molar-refractivity contribution in [3.63, 3.8) is 0 Å². The molecule has 0 radical (unpaired) electrons. The van der Waals surface area contributed by atoms with Crippen molar-refractivity contribution in [2.45, 2.75) is 88.6 Å². The molecule has 0 aromatic heterocycles. The molecule has 1 spiro atoms. The van der Waals surface area contributed by atoms with E-state index in [0.29, 0.717) is 13.0 Å². The number of hydrogen-bond donors (Lipinski definition) is 1. The van der Waals surface area contributed by atoms with Crippen LogP contribution in [0.25, 0.3) is 0 Å². The number of aliphatic hydroxyl groups is 1. The minimum absolute atomic E-state index is 0.122. The second kappa shape index (κ2) is 9.04. The first-order chi connectivity index (χ1) is 16.7. The largest absolute Gasteiger partial charge is 0.461 e. The second-order valence-electron chi connectivity index (χ2n) is 11.4. The maximum Gasteiger partial charge on any atom is 0.313 e. The number of ether oxygens (including phenoxy) is 2. The van der Waals surface area contributed by atoms with Crippen LogP contribution in [0.1, 0.15) is 59.3 Å². The lowest BCUT2D eigenvalue weighted by Gasteiger charge is -2.42. The number of carbonyl (C=O) groups excluding carboxylic acids is 3. The molecular weight excluding hydrogens is 448 g/mol. The van der Waals surface area contributed by atoms with Gasteiger partial charge in [0, 0.05) is 12.6 Å². The predicted molar refractivity (Wildman–Crippen MR) is 128 cm³/mol. The van der Waals surface area contributed by atoms with Gasteiger partial charge < -0.3 is 24.4 Å². The topological polar surface area (TPSA) is 96.4 Å².